The third kappa shape index (κ3) is 6.79. The van der Waals surface area contributed by atoms with E-state index in [1.54, 1.807) is 0 Å². The van der Waals surface area contributed by atoms with Crippen LogP contribution in [0, 0.1) is 22.7 Å². The van der Waals surface area contributed by atoms with Crippen LogP contribution >= 0.6 is 0 Å². The van der Waals surface area contributed by atoms with Gasteiger partial charge >= 0.3 is 0 Å². The maximum absolute atomic E-state index is 9.11. The lowest BCUT2D eigenvalue weighted by molar-refractivity contribution is 1.48. The summed E-state index contributed by atoms with van der Waals surface area (Å²) < 4.78 is 0. The Morgan fingerprint density at radius 3 is 0.596 bits per heavy atom. The number of rotatable bonds is 7. The Kier molecular flexibility index (Phi) is 8.80. The highest BCUT2D eigenvalue weighted by Crippen LogP contribution is 2.33. The van der Waals surface area contributed by atoms with Gasteiger partial charge in [0.2, 0.25) is 0 Å². The van der Waals surface area contributed by atoms with Gasteiger partial charge in [0.25, 0.3) is 0 Å². The second-order valence-corrected chi connectivity index (χ2v) is 12.9. The summed E-state index contributed by atoms with van der Waals surface area (Å²) in [6.07, 6.45) is 0. The number of nitriles is 2. The van der Waals surface area contributed by atoms with E-state index >= 15 is 0 Å². The summed E-state index contributed by atoms with van der Waals surface area (Å²) in [4.78, 5) is 0. The highest BCUT2D eigenvalue weighted by atomic mass is 14.2. The molecule has 8 aromatic carbocycles. The van der Waals surface area contributed by atoms with Crippen LogP contribution < -0.4 is 0 Å². The summed E-state index contributed by atoms with van der Waals surface area (Å²) in [7, 11) is 0. The highest BCUT2D eigenvalue weighted by molar-refractivity contribution is 5.80. The molecule has 52 heavy (non-hydrogen) atoms. The average Bonchev–Trinajstić information content (AvgIpc) is 3.24. The number of benzene rings is 8. The molecule has 0 unspecified atom stereocenters. The maximum atomic E-state index is 9.11. The van der Waals surface area contributed by atoms with Crippen LogP contribution in [0.4, 0.5) is 0 Å². The van der Waals surface area contributed by atoms with Crippen LogP contribution in [0.25, 0.3) is 77.9 Å². The predicted octanol–water partition coefficient (Wildman–Crippen LogP) is 13.1. The molecule has 0 saturated carbocycles. The van der Waals surface area contributed by atoms with Gasteiger partial charge in [-0.2, -0.15) is 10.5 Å². The molecule has 0 radical (unpaired) electrons. The van der Waals surface area contributed by atoms with Gasteiger partial charge in [-0.05, 0) is 120 Å². The molecule has 0 aromatic heterocycles. The molecule has 0 saturated heterocycles. The molecule has 8 rings (SSSR count). The molecule has 0 bridgehead atoms. The summed E-state index contributed by atoms with van der Waals surface area (Å²) in [5, 5.41) is 18.2. The van der Waals surface area contributed by atoms with Gasteiger partial charge in [-0.3, -0.25) is 0 Å². The Labute approximate surface area is 304 Å². The third-order valence-corrected chi connectivity index (χ3v) is 9.60. The number of nitrogens with zero attached hydrogens (tertiary/aromatic N) is 2. The van der Waals surface area contributed by atoms with Crippen molar-refractivity contribution in [2.75, 3.05) is 0 Å². The van der Waals surface area contributed by atoms with Crippen molar-refractivity contribution in [2.24, 2.45) is 0 Å². The predicted molar refractivity (Wildman–Crippen MR) is 214 cm³/mol. The Bertz CT molecular complexity index is 2580. The molecule has 0 fully saturated rings. The largest absolute Gasteiger partial charge is 0.192 e. The molecular formula is C50H32N2. The van der Waals surface area contributed by atoms with E-state index < -0.39 is 0 Å². The minimum absolute atomic E-state index is 0.667. The Balaban J connectivity index is 0.986. The second-order valence-electron chi connectivity index (χ2n) is 12.9. The highest BCUT2D eigenvalue weighted by Gasteiger charge is 2.08. The van der Waals surface area contributed by atoms with Crippen LogP contribution in [-0.2, 0) is 0 Å². The smallest absolute Gasteiger partial charge is 0.0991 e. The number of hydrogen-bond acceptors (Lipinski definition) is 2. The van der Waals surface area contributed by atoms with E-state index in [4.69, 9.17) is 10.5 Å². The van der Waals surface area contributed by atoms with Crippen LogP contribution in [-0.4, -0.2) is 0 Å². The lowest BCUT2D eigenvalue weighted by Gasteiger charge is -2.10. The number of hydrogen-bond donors (Lipinski definition) is 0. The summed E-state index contributed by atoms with van der Waals surface area (Å²) in [5.41, 5.74) is 17.5. The molecule has 2 nitrogen and oxygen atoms in total. The monoisotopic (exact) mass is 660 g/mol. The van der Waals surface area contributed by atoms with Gasteiger partial charge in [-0.1, -0.05) is 152 Å². The van der Waals surface area contributed by atoms with Crippen LogP contribution in [0.2, 0.25) is 0 Å². The normalized spacial score (nSPS) is 10.7. The molecule has 0 aliphatic rings. The van der Waals surface area contributed by atoms with Gasteiger partial charge in [-0.25, -0.2) is 0 Å². The summed E-state index contributed by atoms with van der Waals surface area (Å²) >= 11 is 0. The SMILES string of the molecule is N#Cc1ccc(-c2ccc(-c3cccc(-c4ccc(-c5cccc(-c6cccc(-c7ccc(-c8ccc(C#N)cc8)cc7)c6)c5)cc4)c3)cc2)cc1. The van der Waals surface area contributed by atoms with Gasteiger partial charge in [0.05, 0.1) is 23.3 Å². The molecule has 0 heterocycles. The quantitative estimate of drug-likeness (QED) is 0.171. The molecule has 2 heteroatoms. The van der Waals surface area contributed by atoms with Crippen LogP contribution in [0.5, 0.6) is 0 Å². The average molecular weight is 661 g/mol. The van der Waals surface area contributed by atoms with Crippen molar-refractivity contribution in [3.05, 3.63) is 205 Å². The third-order valence-electron chi connectivity index (χ3n) is 9.60. The fourth-order valence-electron chi connectivity index (χ4n) is 6.67. The van der Waals surface area contributed by atoms with Crippen molar-refractivity contribution in [1.82, 2.24) is 0 Å². The molecule has 0 N–H and O–H groups in total. The van der Waals surface area contributed by atoms with Gasteiger partial charge in [0.1, 0.15) is 0 Å². The van der Waals surface area contributed by atoms with E-state index in [1.807, 2.05) is 48.5 Å². The first-order valence-corrected chi connectivity index (χ1v) is 17.3. The Morgan fingerprint density at radius 2 is 0.385 bits per heavy atom. The fraction of sp³-hybridized carbons (Fsp3) is 0. The zero-order valence-corrected chi connectivity index (χ0v) is 28.4. The van der Waals surface area contributed by atoms with E-state index in [9.17, 15) is 0 Å². The maximum Gasteiger partial charge on any atom is 0.0991 e. The molecule has 0 aliphatic heterocycles. The summed E-state index contributed by atoms with van der Waals surface area (Å²) in [6.45, 7) is 0. The fourth-order valence-corrected chi connectivity index (χ4v) is 6.67. The van der Waals surface area contributed by atoms with E-state index in [-0.39, 0.29) is 0 Å². The molecule has 0 spiro atoms. The van der Waals surface area contributed by atoms with Crippen LogP contribution in [0.3, 0.4) is 0 Å². The minimum atomic E-state index is 0.667. The zero-order chi connectivity index (χ0) is 35.3. The van der Waals surface area contributed by atoms with Crippen LogP contribution in [0.1, 0.15) is 11.1 Å². The summed E-state index contributed by atoms with van der Waals surface area (Å²) in [5.74, 6) is 0. The first-order chi connectivity index (χ1) is 25.6. The first-order valence-electron chi connectivity index (χ1n) is 17.3. The first kappa shape index (κ1) is 32.0. The standard InChI is InChI=1S/C50H32N2/c51-33-35-10-14-37(15-11-35)39-18-22-41(23-19-39)45-4-1-5-46(30-45)43-26-28-44(29-27-43)48-7-3-9-50(32-48)49-8-2-6-47(31-49)42-24-20-40(21-25-42)38-16-12-36(34-52)13-17-38/h1-32H. The minimum Gasteiger partial charge on any atom is -0.192 e. The summed E-state index contributed by atoms with van der Waals surface area (Å²) in [6, 6.07) is 71.9. The van der Waals surface area contributed by atoms with E-state index in [0.717, 1.165) is 33.4 Å². The Morgan fingerprint density at radius 1 is 0.212 bits per heavy atom. The van der Waals surface area contributed by atoms with Gasteiger partial charge < -0.3 is 0 Å². The van der Waals surface area contributed by atoms with Crippen molar-refractivity contribution in [1.29, 1.82) is 10.5 Å². The molecule has 0 atom stereocenters. The molecule has 8 aromatic rings. The topological polar surface area (TPSA) is 47.6 Å². The molecule has 0 aliphatic carbocycles. The Hall–Kier alpha value is -7.26. The second kappa shape index (κ2) is 14.3. The van der Waals surface area contributed by atoms with Crippen molar-refractivity contribution in [2.45, 2.75) is 0 Å². The van der Waals surface area contributed by atoms with Crippen molar-refractivity contribution in [3.63, 3.8) is 0 Å². The van der Waals surface area contributed by atoms with Crippen molar-refractivity contribution < 1.29 is 0 Å². The molecular weight excluding hydrogens is 629 g/mol. The van der Waals surface area contributed by atoms with E-state index in [0.29, 0.717) is 11.1 Å². The van der Waals surface area contributed by atoms with E-state index in [1.165, 1.54) is 44.5 Å². The van der Waals surface area contributed by atoms with E-state index in [2.05, 4.69) is 158 Å². The van der Waals surface area contributed by atoms with Crippen LogP contribution in [0.15, 0.2) is 194 Å². The van der Waals surface area contributed by atoms with Crippen molar-refractivity contribution in [3.8, 4) is 90.0 Å². The van der Waals surface area contributed by atoms with Gasteiger partial charge in [0.15, 0.2) is 0 Å². The van der Waals surface area contributed by atoms with Gasteiger partial charge in [-0.15, -0.1) is 0 Å². The molecule has 242 valence electrons. The molecule has 0 amide bonds. The lowest BCUT2D eigenvalue weighted by Crippen LogP contribution is -1.85. The van der Waals surface area contributed by atoms with Crippen molar-refractivity contribution >= 4 is 0 Å². The lowest BCUT2D eigenvalue weighted by atomic mass is 9.94. The van der Waals surface area contributed by atoms with Gasteiger partial charge in [0, 0.05) is 0 Å². The zero-order valence-electron chi connectivity index (χ0n) is 28.4.